The average Bonchev–Trinajstić information content (AvgIpc) is 2.80. The minimum atomic E-state index is -1.02. The molecule has 1 amide bonds. The van der Waals surface area contributed by atoms with E-state index in [2.05, 4.69) is 10.3 Å². The molecule has 0 aliphatic heterocycles. The van der Waals surface area contributed by atoms with Crippen LogP contribution in [0.4, 0.5) is 4.79 Å². The Balaban J connectivity index is 2.20. The largest absolute Gasteiger partial charge is 0.496 e. The molecular weight excluding hydrogens is 258 g/mol. The van der Waals surface area contributed by atoms with Crippen LogP contribution < -0.4 is 10.1 Å². The van der Waals surface area contributed by atoms with Crippen LogP contribution in [0.2, 0.25) is 0 Å². The standard InChI is InChI=1S/C14H17N3O3/c1-17-9-11(10-5-3-4-6-12(10)20-2)16-13(17)7-8-15-14(18)19/h3-6,9,15H,7-8H2,1-2H3,(H,18,19). The van der Waals surface area contributed by atoms with Gasteiger partial charge in [-0.3, -0.25) is 0 Å². The van der Waals surface area contributed by atoms with Gasteiger partial charge >= 0.3 is 6.09 Å². The molecule has 106 valence electrons. The Kier molecular flexibility index (Phi) is 4.24. The van der Waals surface area contributed by atoms with Crippen LogP contribution in [0, 0.1) is 0 Å². The van der Waals surface area contributed by atoms with Crippen molar-refractivity contribution in [2.24, 2.45) is 7.05 Å². The SMILES string of the molecule is COc1ccccc1-c1cn(C)c(CCNC(=O)O)n1. The van der Waals surface area contributed by atoms with Crippen LogP contribution in [-0.4, -0.2) is 34.4 Å². The Bertz CT molecular complexity index is 607. The summed E-state index contributed by atoms with van der Waals surface area (Å²) in [6, 6.07) is 7.66. The summed E-state index contributed by atoms with van der Waals surface area (Å²) in [5, 5.41) is 10.9. The van der Waals surface area contributed by atoms with Crippen molar-refractivity contribution in [3.63, 3.8) is 0 Å². The fraction of sp³-hybridized carbons (Fsp3) is 0.286. The van der Waals surface area contributed by atoms with Gasteiger partial charge in [-0.05, 0) is 12.1 Å². The minimum absolute atomic E-state index is 0.339. The number of benzene rings is 1. The smallest absolute Gasteiger partial charge is 0.404 e. The lowest BCUT2D eigenvalue weighted by molar-refractivity contribution is 0.194. The molecule has 6 heteroatoms. The Morgan fingerprint density at radius 3 is 2.90 bits per heavy atom. The van der Waals surface area contributed by atoms with E-state index in [1.807, 2.05) is 42.1 Å². The van der Waals surface area contributed by atoms with E-state index < -0.39 is 6.09 Å². The lowest BCUT2D eigenvalue weighted by Crippen LogP contribution is -2.24. The van der Waals surface area contributed by atoms with E-state index in [4.69, 9.17) is 9.84 Å². The molecule has 0 radical (unpaired) electrons. The van der Waals surface area contributed by atoms with Crippen molar-refractivity contribution < 1.29 is 14.6 Å². The normalized spacial score (nSPS) is 10.3. The molecule has 0 unspecified atom stereocenters. The summed E-state index contributed by atoms with van der Waals surface area (Å²) < 4.78 is 7.22. The molecule has 0 saturated heterocycles. The van der Waals surface area contributed by atoms with Crippen LogP contribution in [-0.2, 0) is 13.5 Å². The van der Waals surface area contributed by atoms with E-state index in [0.717, 1.165) is 22.8 Å². The van der Waals surface area contributed by atoms with Crippen molar-refractivity contribution >= 4 is 6.09 Å². The molecular formula is C14H17N3O3. The highest BCUT2D eigenvalue weighted by Gasteiger charge is 2.11. The number of carbonyl (C=O) groups is 1. The number of nitrogens with one attached hydrogen (secondary N) is 1. The van der Waals surface area contributed by atoms with Crippen LogP contribution in [0.15, 0.2) is 30.5 Å². The lowest BCUT2D eigenvalue weighted by atomic mass is 10.1. The zero-order valence-electron chi connectivity index (χ0n) is 11.5. The number of para-hydroxylation sites is 1. The minimum Gasteiger partial charge on any atom is -0.496 e. The molecule has 2 aromatic rings. The predicted octanol–water partition coefficient (Wildman–Crippen LogP) is 1.91. The van der Waals surface area contributed by atoms with Crippen LogP contribution in [0.3, 0.4) is 0 Å². The summed E-state index contributed by atoms with van der Waals surface area (Å²) in [6.45, 7) is 0.339. The van der Waals surface area contributed by atoms with Gasteiger partial charge in [0.05, 0.1) is 12.8 Å². The molecule has 0 aliphatic rings. The van der Waals surface area contributed by atoms with Gasteiger partial charge in [0.15, 0.2) is 0 Å². The molecule has 0 bridgehead atoms. The Labute approximate surface area is 117 Å². The van der Waals surface area contributed by atoms with Crippen molar-refractivity contribution in [1.29, 1.82) is 0 Å². The van der Waals surface area contributed by atoms with Gasteiger partial charge in [-0.1, -0.05) is 12.1 Å². The van der Waals surface area contributed by atoms with Gasteiger partial charge in [0.25, 0.3) is 0 Å². The molecule has 0 aliphatic carbocycles. The van der Waals surface area contributed by atoms with Crippen LogP contribution >= 0.6 is 0 Å². The third-order valence-corrected chi connectivity index (χ3v) is 2.98. The zero-order chi connectivity index (χ0) is 14.5. The van der Waals surface area contributed by atoms with Crippen LogP contribution in [0.25, 0.3) is 11.3 Å². The fourth-order valence-electron chi connectivity index (χ4n) is 2.00. The van der Waals surface area contributed by atoms with Crippen LogP contribution in [0.5, 0.6) is 5.75 Å². The molecule has 0 fully saturated rings. The average molecular weight is 275 g/mol. The maximum Gasteiger partial charge on any atom is 0.404 e. The quantitative estimate of drug-likeness (QED) is 0.874. The molecule has 0 saturated carbocycles. The Morgan fingerprint density at radius 2 is 2.20 bits per heavy atom. The van der Waals surface area contributed by atoms with Crippen molar-refractivity contribution in [2.75, 3.05) is 13.7 Å². The molecule has 6 nitrogen and oxygen atoms in total. The number of rotatable bonds is 5. The third-order valence-electron chi connectivity index (χ3n) is 2.98. The number of carboxylic acid groups (broad SMARTS) is 1. The maximum atomic E-state index is 10.4. The van der Waals surface area contributed by atoms with Gasteiger partial charge in [-0.2, -0.15) is 0 Å². The second-order valence-electron chi connectivity index (χ2n) is 4.34. The Morgan fingerprint density at radius 1 is 1.45 bits per heavy atom. The summed E-state index contributed by atoms with van der Waals surface area (Å²) in [7, 11) is 3.52. The van der Waals surface area contributed by atoms with Gasteiger partial charge in [-0.25, -0.2) is 9.78 Å². The molecule has 2 rings (SSSR count). The van der Waals surface area contributed by atoms with Gasteiger partial charge in [0.1, 0.15) is 11.6 Å². The number of hydrogen-bond acceptors (Lipinski definition) is 3. The van der Waals surface area contributed by atoms with E-state index in [9.17, 15) is 4.79 Å². The van der Waals surface area contributed by atoms with Gasteiger partial charge in [-0.15, -0.1) is 0 Å². The van der Waals surface area contributed by atoms with E-state index in [0.29, 0.717) is 13.0 Å². The van der Waals surface area contributed by atoms with Crippen molar-refractivity contribution in [3.8, 4) is 17.0 Å². The van der Waals surface area contributed by atoms with E-state index >= 15 is 0 Å². The van der Waals surface area contributed by atoms with Gasteiger partial charge in [0.2, 0.25) is 0 Å². The first-order valence-electron chi connectivity index (χ1n) is 6.24. The number of methoxy groups -OCH3 is 1. The molecule has 20 heavy (non-hydrogen) atoms. The maximum absolute atomic E-state index is 10.4. The van der Waals surface area contributed by atoms with Crippen molar-refractivity contribution in [3.05, 3.63) is 36.3 Å². The van der Waals surface area contributed by atoms with E-state index in [1.54, 1.807) is 7.11 Å². The summed E-state index contributed by atoms with van der Waals surface area (Å²) in [6.07, 6.45) is 1.43. The monoisotopic (exact) mass is 275 g/mol. The first-order chi connectivity index (χ1) is 9.61. The topological polar surface area (TPSA) is 76.4 Å². The van der Waals surface area contributed by atoms with E-state index in [1.165, 1.54) is 0 Å². The highest BCUT2D eigenvalue weighted by atomic mass is 16.5. The molecule has 2 N–H and O–H groups in total. The number of hydrogen-bond donors (Lipinski definition) is 2. The zero-order valence-corrected chi connectivity index (χ0v) is 11.5. The molecule has 0 spiro atoms. The second-order valence-corrected chi connectivity index (χ2v) is 4.34. The number of nitrogens with zero attached hydrogens (tertiary/aromatic N) is 2. The first kappa shape index (κ1) is 13.9. The van der Waals surface area contributed by atoms with E-state index in [-0.39, 0.29) is 0 Å². The summed E-state index contributed by atoms with van der Waals surface area (Å²) in [4.78, 5) is 15.0. The molecule has 1 aromatic carbocycles. The predicted molar refractivity (Wildman–Crippen MR) is 74.9 cm³/mol. The Hall–Kier alpha value is -2.50. The molecule has 1 aromatic heterocycles. The fourth-order valence-corrected chi connectivity index (χ4v) is 2.00. The van der Waals surface area contributed by atoms with Crippen molar-refractivity contribution in [2.45, 2.75) is 6.42 Å². The number of ether oxygens (including phenoxy) is 1. The highest BCUT2D eigenvalue weighted by molar-refractivity contribution is 5.67. The van der Waals surface area contributed by atoms with Gasteiger partial charge in [0, 0.05) is 31.8 Å². The number of aromatic nitrogens is 2. The van der Waals surface area contributed by atoms with Crippen molar-refractivity contribution in [1.82, 2.24) is 14.9 Å². The number of aryl methyl sites for hydroxylation is 1. The summed E-state index contributed by atoms with van der Waals surface area (Å²) in [5.41, 5.74) is 1.73. The summed E-state index contributed by atoms with van der Waals surface area (Å²) >= 11 is 0. The highest BCUT2D eigenvalue weighted by Crippen LogP contribution is 2.28. The number of imidazole rings is 1. The lowest BCUT2D eigenvalue weighted by Gasteiger charge is -2.04. The van der Waals surface area contributed by atoms with Gasteiger partial charge < -0.3 is 19.7 Å². The van der Waals surface area contributed by atoms with Crippen LogP contribution in [0.1, 0.15) is 5.82 Å². The summed E-state index contributed by atoms with van der Waals surface area (Å²) in [5.74, 6) is 1.58. The number of amides is 1. The molecule has 1 heterocycles. The third kappa shape index (κ3) is 3.09. The molecule has 0 atom stereocenters. The first-order valence-corrected chi connectivity index (χ1v) is 6.24. The second kappa shape index (κ2) is 6.10.